The Kier molecular flexibility index (Phi) is 14.3. The molecule has 198 valence electrons. The molecule has 2 N–H and O–H groups in total. The minimum atomic E-state index is -0.393. The van der Waals surface area contributed by atoms with Gasteiger partial charge in [0, 0.05) is 23.6 Å². The van der Waals surface area contributed by atoms with Crippen LogP contribution in [0, 0.1) is 11.8 Å². The maximum Gasteiger partial charge on any atom is 0.407 e. The van der Waals surface area contributed by atoms with E-state index >= 15 is 0 Å². The first-order chi connectivity index (χ1) is 17.3. The summed E-state index contributed by atoms with van der Waals surface area (Å²) >= 11 is 0. The van der Waals surface area contributed by atoms with Crippen molar-refractivity contribution in [3.8, 4) is 0 Å². The van der Waals surface area contributed by atoms with Gasteiger partial charge >= 0.3 is 12.2 Å². The van der Waals surface area contributed by atoms with E-state index in [1.165, 1.54) is 0 Å². The first kappa shape index (κ1) is 29.9. The van der Waals surface area contributed by atoms with Gasteiger partial charge in [-0.1, -0.05) is 110 Å². The first-order valence-electron chi connectivity index (χ1n) is 12.5. The smallest absolute Gasteiger partial charge is 0.407 e. The summed E-state index contributed by atoms with van der Waals surface area (Å²) in [5, 5.41) is 6.04. The van der Waals surface area contributed by atoms with Crippen molar-refractivity contribution in [2.75, 3.05) is 11.5 Å². The number of carbonyl (C=O) groups is 2. The third-order valence-corrected chi connectivity index (χ3v) is 7.76. The molecule has 2 atom stereocenters. The van der Waals surface area contributed by atoms with Crippen LogP contribution in [0.5, 0.6) is 0 Å². The third-order valence-electron chi connectivity index (χ3n) is 5.20. The molecule has 2 unspecified atom stereocenters. The summed E-state index contributed by atoms with van der Waals surface area (Å²) in [7, 11) is 3.41. The number of nitrogens with one attached hydrogen (secondary N) is 2. The van der Waals surface area contributed by atoms with Crippen LogP contribution in [0.25, 0.3) is 0 Å². The van der Waals surface area contributed by atoms with Crippen molar-refractivity contribution in [2.45, 2.75) is 65.8 Å². The average molecular weight is 533 g/mol. The summed E-state index contributed by atoms with van der Waals surface area (Å²) in [6.45, 7) is 9.09. The number of hydrogen-bond donors (Lipinski definition) is 2. The van der Waals surface area contributed by atoms with Gasteiger partial charge in [0.15, 0.2) is 0 Å². The molecule has 0 saturated heterocycles. The van der Waals surface area contributed by atoms with E-state index < -0.39 is 12.2 Å². The number of carbonyl (C=O) groups excluding carboxylic acids is 2. The van der Waals surface area contributed by atoms with Gasteiger partial charge in [-0.05, 0) is 35.8 Å². The van der Waals surface area contributed by atoms with E-state index in [1.807, 2.05) is 60.7 Å². The van der Waals surface area contributed by atoms with Gasteiger partial charge < -0.3 is 20.1 Å². The van der Waals surface area contributed by atoms with Gasteiger partial charge in [-0.2, -0.15) is 0 Å². The fraction of sp³-hybridized carbons (Fsp3) is 0.500. The van der Waals surface area contributed by atoms with Crippen LogP contribution >= 0.6 is 21.6 Å². The summed E-state index contributed by atoms with van der Waals surface area (Å²) in [6, 6.07) is 19.3. The predicted octanol–water partition coefficient (Wildman–Crippen LogP) is 7.05. The van der Waals surface area contributed by atoms with Crippen LogP contribution in [0.1, 0.15) is 51.7 Å². The zero-order valence-electron chi connectivity index (χ0n) is 21.8. The molecule has 2 aromatic carbocycles. The van der Waals surface area contributed by atoms with Gasteiger partial charge in [0.05, 0.1) is 0 Å². The van der Waals surface area contributed by atoms with E-state index in [-0.39, 0.29) is 25.3 Å². The van der Waals surface area contributed by atoms with Crippen LogP contribution in [0.3, 0.4) is 0 Å². The highest BCUT2D eigenvalue weighted by Crippen LogP contribution is 2.26. The van der Waals surface area contributed by atoms with Gasteiger partial charge in [-0.25, -0.2) is 9.59 Å². The van der Waals surface area contributed by atoms with E-state index in [0.717, 1.165) is 35.5 Å². The fourth-order valence-electron chi connectivity index (χ4n) is 3.60. The highest BCUT2D eigenvalue weighted by molar-refractivity contribution is 8.76. The van der Waals surface area contributed by atoms with Gasteiger partial charge in [-0.15, -0.1) is 0 Å². The van der Waals surface area contributed by atoms with Crippen molar-refractivity contribution >= 4 is 33.8 Å². The van der Waals surface area contributed by atoms with Gasteiger partial charge in [-0.3, -0.25) is 0 Å². The van der Waals surface area contributed by atoms with E-state index in [0.29, 0.717) is 11.8 Å². The van der Waals surface area contributed by atoms with Gasteiger partial charge in [0.2, 0.25) is 0 Å². The van der Waals surface area contributed by atoms with Gasteiger partial charge in [0.1, 0.15) is 13.2 Å². The fourth-order valence-corrected chi connectivity index (χ4v) is 6.12. The molecule has 6 nitrogen and oxygen atoms in total. The topological polar surface area (TPSA) is 76.7 Å². The second-order valence-electron chi connectivity index (χ2n) is 9.63. The van der Waals surface area contributed by atoms with Crippen LogP contribution < -0.4 is 10.6 Å². The molecule has 0 aliphatic carbocycles. The quantitative estimate of drug-likeness (QED) is 0.189. The molecule has 0 heterocycles. The normalized spacial score (nSPS) is 12.7. The Hall–Kier alpha value is -2.32. The van der Waals surface area contributed by atoms with Crippen molar-refractivity contribution in [3.63, 3.8) is 0 Å². The molecule has 2 aromatic rings. The minimum Gasteiger partial charge on any atom is -0.445 e. The van der Waals surface area contributed by atoms with Crippen LogP contribution in [-0.4, -0.2) is 35.8 Å². The third kappa shape index (κ3) is 13.7. The van der Waals surface area contributed by atoms with Crippen molar-refractivity contribution in [1.82, 2.24) is 10.6 Å². The number of alkyl carbamates (subject to hydrolysis) is 2. The summed E-state index contributed by atoms with van der Waals surface area (Å²) < 4.78 is 10.8. The molecular formula is C28H40N2O4S2. The Morgan fingerprint density at radius 1 is 0.667 bits per heavy atom. The molecule has 0 aliphatic rings. The lowest BCUT2D eigenvalue weighted by Gasteiger charge is -2.22. The number of amides is 2. The minimum absolute atomic E-state index is 0.0121. The lowest BCUT2D eigenvalue weighted by atomic mass is 10.1. The monoisotopic (exact) mass is 532 g/mol. The molecular weight excluding hydrogens is 492 g/mol. The Morgan fingerprint density at radius 2 is 1.03 bits per heavy atom. The maximum absolute atomic E-state index is 12.3. The Labute approximate surface area is 224 Å². The van der Waals surface area contributed by atoms with Crippen molar-refractivity contribution in [1.29, 1.82) is 0 Å². The van der Waals surface area contributed by atoms with Crippen LogP contribution in [0.4, 0.5) is 9.59 Å². The molecule has 0 radical (unpaired) electrons. The van der Waals surface area contributed by atoms with E-state index in [1.54, 1.807) is 21.6 Å². The average Bonchev–Trinajstić information content (AvgIpc) is 2.84. The van der Waals surface area contributed by atoms with Crippen molar-refractivity contribution in [3.05, 3.63) is 71.8 Å². The van der Waals surface area contributed by atoms with Crippen LogP contribution in [0.2, 0.25) is 0 Å². The predicted molar refractivity (Wildman–Crippen MR) is 151 cm³/mol. The first-order valence-corrected chi connectivity index (χ1v) is 15.0. The Bertz CT molecular complexity index is 808. The molecule has 0 fully saturated rings. The molecule has 0 bridgehead atoms. The number of ether oxygens (including phenoxy) is 2. The van der Waals surface area contributed by atoms with Crippen molar-refractivity contribution < 1.29 is 19.1 Å². The number of benzene rings is 2. The van der Waals surface area contributed by atoms with Gasteiger partial charge in [0.25, 0.3) is 0 Å². The highest BCUT2D eigenvalue weighted by atomic mass is 33.1. The second-order valence-corrected chi connectivity index (χ2v) is 12.2. The molecule has 0 spiro atoms. The Morgan fingerprint density at radius 3 is 1.36 bits per heavy atom. The van der Waals surface area contributed by atoms with E-state index in [9.17, 15) is 9.59 Å². The molecule has 0 aromatic heterocycles. The lowest BCUT2D eigenvalue weighted by molar-refractivity contribution is 0.134. The lowest BCUT2D eigenvalue weighted by Crippen LogP contribution is -2.38. The second kappa shape index (κ2) is 17.2. The van der Waals surface area contributed by atoms with E-state index in [4.69, 9.17) is 9.47 Å². The Balaban J connectivity index is 1.75. The SMILES string of the molecule is CC(C)CC(CSSCC(CC(C)C)NC(=O)OCc1ccccc1)NC(=O)OCc1ccccc1. The van der Waals surface area contributed by atoms with E-state index in [2.05, 4.69) is 38.3 Å². The molecule has 8 heteroatoms. The summed E-state index contributed by atoms with van der Waals surface area (Å²) in [4.78, 5) is 24.7. The summed E-state index contributed by atoms with van der Waals surface area (Å²) in [5.74, 6) is 2.42. The highest BCUT2D eigenvalue weighted by Gasteiger charge is 2.18. The zero-order valence-corrected chi connectivity index (χ0v) is 23.4. The molecule has 2 amide bonds. The molecule has 0 saturated carbocycles. The summed E-state index contributed by atoms with van der Waals surface area (Å²) in [6.07, 6.45) is 0.951. The standard InChI is InChI=1S/C28H40N2O4S2/c1-21(2)15-25(29-27(31)33-17-23-11-7-5-8-12-23)19-35-36-20-26(16-22(3)4)30-28(32)34-18-24-13-9-6-10-14-24/h5-14,21-22,25-26H,15-20H2,1-4H3,(H,29,31)(H,30,32). The molecule has 36 heavy (non-hydrogen) atoms. The zero-order chi connectivity index (χ0) is 26.2. The number of hydrogen-bond acceptors (Lipinski definition) is 6. The largest absolute Gasteiger partial charge is 0.445 e. The maximum atomic E-state index is 12.3. The number of rotatable bonds is 15. The molecule has 0 aliphatic heterocycles. The summed E-state index contributed by atoms with van der Waals surface area (Å²) in [5.41, 5.74) is 1.92. The van der Waals surface area contributed by atoms with Crippen LogP contribution in [0.15, 0.2) is 60.7 Å². The van der Waals surface area contributed by atoms with Crippen molar-refractivity contribution in [2.24, 2.45) is 11.8 Å². The molecule has 2 rings (SSSR count). The van der Waals surface area contributed by atoms with Crippen LogP contribution in [-0.2, 0) is 22.7 Å².